The van der Waals surface area contributed by atoms with E-state index in [1.54, 1.807) is 0 Å². The Hall–Kier alpha value is -2.16. The zero-order valence-corrected chi connectivity index (χ0v) is 12.7. The minimum Gasteiger partial charge on any atom is -0.479 e. The van der Waals surface area contributed by atoms with Crippen LogP contribution in [0.15, 0.2) is 12.1 Å². The highest BCUT2D eigenvalue weighted by atomic mass is 35.5. The van der Waals surface area contributed by atoms with Crippen molar-refractivity contribution in [2.24, 2.45) is 0 Å². The Morgan fingerprint density at radius 3 is 2.83 bits per heavy atom. The number of nitrogens with zero attached hydrogens (tertiary/aromatic N) is 1. The highest BCUT2D eigenvalue weighted by molar-refractivity contribution is 6.31. The van der Waals surface area contributed by atoms with Crippen LogP contribution in [0.5, 0.6) is 5.75 Å². The van der Waals surface area contributed by atoms with Crippen LogP contribution in [0.4, 0.5) is 24.5 Å². The number of carbonyl (C=O) groups excluding carboxylic acids is 2. The predicted molar refractivity (Wildman–Crippen MR) is 77.8 cm³/mol. The van der Waals surface area contributed by atoms with Crippen LogP contribution in [0.25, 0.3) is 0 Å². The third-order valence-electron chi connectivity index (χ3n) is 2.95. The number of nitrogens with one attached hydrogen (secondary N) is 2. The lowest BCUT2D eigenvalue weighted by atomic mass is 10.2. The number of anilines is 2. The van der Waals surface area contributed by atoms with Gasteiger partial charge in [0.15, 0.2) is 12.4 Å². The average molecular weight is 352 g/mol. The molecule has 6 nitrogen and oxygen atoms in total. The van der Waals surface area contributed by atoms with Crippen molar-refractivity contribution in [2.75, 3.05) is 37.4 Å². The van der Waals surface area contributed by atoms with Gasteiger partial charge < -0.3 is 20.3 Å². The topological polar surface area (TPSA) is 70.7 Å². The summed E-state index contributed by atoms with van der Waals surface area (Å²) < 4.78 is 42.0. The summed E-state index contributed by atoms with van der Waals surface area (Å²) in [6.07, 6.45) is -4.47. The van der Waals surface area contributed by atoms with E-state index in [2.05, 4.69) is 10.6 Å². The zero-order valence-electron chi connectivity index (χ0n) is 12.0. The largest absolute Gasteiger partial charge is 0.479 e. The third kappa shape index (κ3) is 4.65. The van der Waals surface area contributed by atoms with Crippen LogP contribution in [-0.4, -0.2) is 49.6 Å². The molecule has 0 saturated heterocycles. The second-order valence-electron chi connectivity index (χ2n) is 4.89. The molecule has 0 spiro atoms. The number of amides is 2. The van der Waals surface area contributed by atoms with E-state index in [1.165, 1.54) is 12.1 Å². The molecule has 1 aliphatic heterocycles. The predicted octanol–water partition coefficient (Wildman–Crippen LogP) is 2.10. The van der Waals surface area contributed by atoms with Crippen LogP contribution in [-0.2, 0) is 9.59 Å². The molecule has 1 aromatic rings. The lowest BCUT2D eigenvalue weighted by Gasteiger charge is -2.23. The normalized spacial score (nSPS) is 13.7. The van der Waals surface area contributed by atoms with Crippen LogP contribution < -0.4 is 15.4 Å². The second-order valence-corrected chi connectivity index (χ2v) is 5.32. The minimum absolute atomic E-state index is 0.203. The van der Waals surface area contributed by atoms with Crippen LogP contribution in [0.2, 0.25) is 5.02 Å². The summed E-state index contributed by atoms with van der Waals surface area (Å²) in [6.45, 7) is -1.92. The van der Waals surface area contributed by atoms with Gasteiger partial charge in [0.2, 0.25) is 5.91 Å². The van der Waals surface area contributed by atoms with Crippen molar-refractivity contribution in [1.82, 2.24) is 4.90 Å². The Morgan fingerprint density at radius 2 is 2.17 bits per heavy atom. The molecule has 10 heteroatoms. The highest BCUT2D eigenvalue weighted by Gasteiger charge is 2.31. The number of hydrogen-bond acceptors (Lipinski definition) is 4. The summed E-state index contributed by atoms with van der Waals surface area (Å²) in [5.41, 5.74) is 0.633. The first-order valence-electron chi connectivity index (χ1n) is 6.46. The monoisotopic (exact) mass is 351 g/mol. The lowest BCUT2D eigenvalue weighted by Crippen LogP contribution is -2.39. The summed E-state index contributed by atoms with van der Waals surface area (Å²) in [5.74, 6) is -0.831. The van der Waals surface area contributed by atoms with Gasteiger partial charge in [0.1, 0.15) is 6.54 Å². The average Bonchev–Trinajstić information content (AvgIpc) is 2.41. The van der Waals surface area contributed by atoms with Crippen LogP contribution in [0, 0.1) is 0 Å². The van der Waals surface area contributed by atoms with Crippen molar-refractivity contribution in [3.63, 3.8) is 0 Å². The molecule has 2 amide bonds. The Kier molecular flexibility index (Phi) is 4.88. The van der Waals surface area contributed by atoms with Crippen LogP contribution in [0.1, 0.15) is 0 Å². The summed E-state index contributed by atoms with van der Waals surface area (Å²) in [7, 11) is 1.06. The van der Waals surface area contributed by atoms with E-state index in [0.717, 1.165) is 7.05 Å². The third-order valence-corrected chi connectivity index (χ3v) is 3.17. The molecular weight excluding hydrogens is 339 g/mol. The SMILES string of the molecule is CN(CC(F)(F)F)C(=O)CNc1cc(Cl)cc2c1OCC(=O)N2. The fourth-order valence-electron chi connectivity index (χ4n) is 1.96. The fraction of sp³-hybridized carbons (Fsp3) is 0.385. The molecule has 1 aromatic carbocycles. The summed E-state index contributed by atoms with van der Waals surface area (Å²) >= 11 is 5.90. The van der Waals surface area contributed by atoms with E-state index in [-0.39, 0.29) is 29.8 Å². The molecule has 0 unspecified atom stereocenters. The molecule has 2 N–H and O–H groups in total. The standard InChI is InChI=1S/C13H13ClF3N3O3/c1-20(6-13(15,16)17)11(22)4-18-8-2-7(14)3-9-12(8)23-5-10(21)19-9/h2-3,18H,4-6H2,1H3,(H,19,21). The molecule has 0 radical (unpaired) electrons. The molecule has 2 rings (SSSR count). The van der Waals surface area contributed by atoms with Gasteiger partial charge in [-0.3, -0.25) is 9.59 Å². The van der Waals surface area contributed by atoms with Gasteiger partial charge in [-0.1, -0.05) is 11.6 Å². The molecule has 0 saturated carbocycles. The van der Waals surface area contributed by atoms with Gasteiger partial charge in [0.05, 0.1) is 17.9 Å². The molecule has 1 aliphatic rings. The van der Waals surface area contributed by atoms with Gasteiger partial charge in [-0.05, 0) is 12.1 Å². The maximum Gasteiger partial charge on any atom is 0.406 e. The van der Waals surface area contributed by atoms with E-state index < -0.39 is 18.6 Å². The van der Waals surface area contributed by atoms with Gasteiger partial charge in [0, 0.05) is 12.1 Å². The maximum atomic E-state index is 12.3. The van der Waals surface area contributed by atoms with E-state index >= 15 is 0 Å². The Balaban J connectivity index is 2.06. The van der Waals surface area contributed by atoms with E-state index in [9.17, 15) is 22.8 Å². The molecule has 126 valence electrons. The van der Waals surface area contributed by atoms with Gasteiger partial charge in [-0.25, -0.2) is 0 Å². The number of likely N-dealkylation sites (N-methyl/N-ethyl adjacent to an activating group) is 1. The smallest absolute Gasteiger partial charge is 0.406 e. The molecule has 0 atom stereocenters. The highest BCUT2D eigenvalue weighted by Crippen LogP contribution is 2.38. The van der Waals surface area contributed by atoms with Crippen LogP contribution >= 0.6 is 11.6 Å². The number of hydrogen-bond donors (Lipinski definition) is 2. The van der Waals surface area contributed by atoms with Crippen molar-refractivity contribution < 1.29 is 27.5 Å². The van der Waals surface area contributed by atoms with Gasteiger partial charge in [0.25, 0.3) is 5.91 Å². The van der Waals surface area contributed by atoms with Gasteiger partial charge in [-0.2, -0.15) is 13.2 Å². The quantitative estimate of drug-likeness (QED) is 0.871. The summed E-state index contributed by atoms with van der Waals surface area (Å²) in [5, 5.41) is 5.50. The lowest BCUT2D eigenvalue weighted by molar-refractivity contribution is -0.157. The first-order chi connectivity index (χ1) is 10.7. The van der Waals surface area contributed by atoms with Gasteiger partial charge >= 0.3 is 6.18 Å². The number of benzene rings is 1. The minimum atomic E-state index is -4.47. The summed E-state index contributed by atoms with van der Waals surface area (Å²) in [4.78, 5) is 23.6. The Labute approximate surface area is 134 Å². The van der Waals surface area contributed by atoms with Crippen LogP contribution in [0.3, 0.4) is 0 Å². The van der Waals surface area contributed by atoms with Crippen molar-refractivity contribution in [2.45, 2.75) is 6.18 Å². The molecule has 0 aliphatic carbocycles. The van der Waals surface area contributed by atoms with E-state index in [0.29, 0.717) is 16.3 Å². The van der Waals surface area contributed by atoms with E-state index in [4.69, 9.17) is 16.3 Å². The number of fused-ring (bicyclic) bond motifs is 1. The number of rotatable bonds is 4. The van der Waals surface area contributed by atoms with Crippen molar-refractivity contribution in [3.8, 4) is 5.75 Å². The maximum absolute atomic E-state index is 12.3. The molecule has 1 heterocycles. The van der Waals surface area contributed by atoms with Crippen molar-refractivity contribution in [3.05, 3.63) is 17.2 Å². The Bertz CT molecular complexity index is 637. The van der Waals surface area contributed by atoms with Crippen molar-refractivity contribution in [1.29, 1.82) is 0 Å². The second kappa shape index (κ2) is 6.53. The molecule has 0 fully saturated rings. The van der Waals surface area contributed by atoms with Crippen molar-refractivity contribution >= 4 is 34.8 Å². The summed E-state index contributed by atoms with van der Waals surface area (Å²) in [6, 6.07) is 2.92. The zero-order chi connectivity index (χ0) is 17.2. The molecule has 23 heavy (non-hydrogen) atoms. The fourth-order valence-corrected chi connectivity index (χ4v) is 2.18. The molecule has 0 bridgehead atoms. The molecule has 0 aromatic heterocycles. The number of halogens is 4. The number of alkyl halides is 3. The number of ether oxygens (including phenoxy) is 1. The van der Waals surface area contributed by atoms with Gasteiger partial charge in [-0.15, -0.1) is 0 Å². The molecular formula is C13H13ClF3N3O3. The number of carbonyl (C=O) groups is 2. The first kappa shape index (κ1) is 17.2. The van der Waals surface area contributed by atoms with E-state index in [1.807, 2.05) is 0 Å². The Morgan fingerprint density at radius 1 is 1.48 bits per heavy atom. The first-order valence-corrected chi connectivity index (χ1v) is 6.84.